The average molecular weight is 269 g/mol. The second kappa shape index (κ2) is 6.36. The Kier molecular flexibility index (Phi) is 5.05. The van der Waals surface area contributed by atoms with Crippen LogP contribution in [-0.4, -0.2) is 23.1 Å². The van der Waals surface area contributed by atoms with Gasteiger partial charge in [-0.15, -0.1) is 0 Å². The number of hydrogen-bond acceptors (Lipinski definition) is 4. The van der Waals surface area contributed by atoms with Crippen molar-refractivity contribution in [2.45, 2.75) is 18.7 Å². The third-order valence-electron chi connectivity index (χ3n) is 2.00. The van der Waals surface area contributed by atoms with Crippen LogP contribution in [0.3, 0.4) is 0 Å². The minimum atomic E-state index is 0.497. The van der Waals surface area contributed by atoms with Crippen LogP contribution in [0.5, 0.6) is 0 Å². The summed E-state index contributed by atoms with van der Waals surface area (Å²) in [4.78, 5) is 10.5. The molecule has 0 N–H and O–H groups in total. The molecule has 0 aromatic carbocycles. The van der Waals surface area contributed by atoms with E-state index in [1.807, 2.05) is 11.8 Å². The highest BCUT2D eigenvalue weighted by molar-refractivity contribution is 9.08. The number of nitrogens with zero attached hydrogens (tertiary/aromatic N) is 4. The number of rotatable bonds is 5. The van der Waals surface area contributed by atoms with E-state index < -0.39 is 0 Å². The lowest BCUT2D eigenvalue weighted by molar-refractivity contribution is 0.789. The van der Waals surface area contributed by atoms with Crippen molar-refractivity contribution in [2.24, 2.45) is 0 Å². The minimum Gasteiger partial charge on any atom is -0.340 e. The summed E-state index contributed by atoms with van der Waals surface area (Å²) in [5.41, 5.74) is 1.05. The second-order valence-corrected chi connectivity index (χ2v) is 3.57. The number of nitriles is 1. The predicted octanol–water partition coefficient (Wildman–Crippen LogP) is 2.11. The smallest absolute Gasteiger partial charge is 0.225 e. The van der Waals surface area contributed by atoms with Crippen LogP contribution in [0.4, 0.5) is 5.95 Å². The van der Waals surface area contributed by atoms with E-state index in [9.17, 15) is 0 Å². The van der Waals surface area contributed by atoms with Crippen LogP contribution in [0.2, 0.25) is 0 Å². The van der Waals surface area contributed by atoms with Crippen LogP contribution in [-0.2, 0) is 5.33 Å². The van der Waals surface area contributed by atoms with Gasteiger partial charge in [0.1, 0.15) is 0 Å². The summed E-state index contributed by atoms with van der Waals surface area (Å²) in [6.07, 6.45) is 4.09. The van der Waals surface area contributed by atoms with E-state index in [2.05, 4.69) is 32.0 Å². The monoisotopic (exact) mass is 268 g/mol. The number of alkyl halides is 1. The van der Waals surface area contributed by atoms with Crippen LogP contribution in [0, 0.1) is 11.3 Å². The van der Waals surface area contributed by atoms with Gasteiger partial charge in [0, 0.05) is 30.8 Å². The Morgan fingerprint density at radius 2 is 2.13 bits per heavy atom. The zero-order chi connectivity index (χ0) is 11.1. The van der Waals surface area contributed by atoms with Gasteiger partial charge in [-0.3, -0.25) is 0 Å². The van der Waals surface area contributed by atoms with Crippen molar-refractivity contribution in [2.75, 3.05) is 18.0 Å². The zero-order valence-corrected chi connectivity index (χ0v) is 10.2. The Morgan fingerprint density at radius 3 is 2.60 bits per heavy atom. The van der Waals surface area contributed by atoms with Crippen molar-refractivity contribution >= 4 is 21.9 Å². The Bertz CT molecular complexity index is 330. The number of anilines is 1. The van der Waals surface area contributed by atoms with Crippen molar-refractivity contribution in [1.82, 2.24) is 9.97 Å². The molecule has 1 aromatic rings. The molecule has 0 bridgehead atoms. The van der Waals surface area contributed by atoms with Gasteiger partial charge in [0.25, 0.3) is 0 Å². The van der Waals surface area contributed by atoms with Crippen molar-refractivity contribution < 1.29 is 0 Å². The third kappa shape index (κ3) is 3.48. The van der Waals surface area contributed by atoms with E-state index >= 15 is 0 Å². The highest BCUT2D eigenvalue weighted by Gasteiger charge is 2.06. The molecule has 0 radical (unpaired) electrons. The summed E-state index contributed by atoms with van der Waals surface area (Å²) < 4.78 is 0. The number of aromatic nitrogens is 2. The normalized spacial score (nSPS) is 9.67. The fraction of sp³-hybridized carbons (Fsp3) is 0.500. The van der Waals surface area contributed by atoms with Gasteiger partial charge in [0.15, 0.2) is 0 Å². The molecule has 1 aromatic heterocycles. The maximum Gasteiger partial charge on any atom is 0.225 e. The summed E-state index contributed by atoms with van der Waals surface area (Å²) in [5.74, 6) is 0.692. The van der Waals surface area contributed by atoms with Crippen molar-refractivity contribution in [1.29, 1.82) is 5.26 Å². The first kappa shape index (κ1) is 11.9. The fourth-order valence-electron chi connectivity index (χ4n) is 1.16. The lowest BCUT2D eigenvalue weighted by atomic mass is 10.4. The zero-order valence-electron chi connectivity index (χ0n) is 8.65. The van der Waals surface area contributed by atoms with Gasteiger partial charge in [-0.25, -0.2) is 9.97 Å². The van der Waals surface area contributed by atoms with Crippen LogP contribution in [0.1, 0.15) is 18.9 Å². The van der Waals surface area contributed by atoms with E-state index in [-0.39, 0.29) is 0 Å². The molecule has 0 aliphatic rings. The molecule has 0 amide bonds. The van der Waals surface area contributed by atoms with Crippen LogP contribution in [0.15, 0.2) is 12.4 Å². The fourth-order valence-corrected chi connectivity index (χ4v) is 1.45. The average Bonchev–Trinajstić information content (AvgIpc) is 2.31. The maximum atomic E-state index is 8.52. The third-order valence-corrected chi connectivity index (χ3v) is 2.65. The standard InChI is InChI=1S/C10H13BrN4/c1-2-15(5-3-4-12)10-13-7-9(6-11)8-14-10/h7-8H,2-3,5-6H2,1H3. The number of halogens is 1. The highest BCUT2D eigenvalue weighted by Crippen LogP contribution is 2.09. The van der Waals surface area contributed by atoms with E-state index in [1.165, 1.54) is 0 Å². The molecule has 0 atom stereocenters. The first-order valence-electron chi connectivity index (χ1n) is 4.80. The van der Waals surface area contributed by atoms with E-state index in [0.29, 0.717) is 18.9 Å². The largest absolute Gasteiger partial charge is 0.340 e. The molecular weight excluding hydrogens is 256 g/mol. The molecule has 80 valence electrons. The molecule has 0 spiro atoms. The summed E-state index contributed by atoms with van der Waals surface area (Å²) in [7, 11) is 0. The molecule has 0 fully saturated rings. The van der Waals surface area contributed by atoms with Gasteiger partial charge in [0.2, 0.25) is 5.95 Å². The maximum absolute atomic E-state index is 8.52. The predicted molar refractivity (Wildman–Crippen MR) is 62.8 cm³/mol. The molecule has 5 heteroatoms. The Balaban J connectivity index is 2.70. The summed E-state index contributed by atoms with van der Waals surface area (Å²) >= 11 is 3.34. The molecule has 1 heterocycles. The molecule has 15 heavy (non-hydrogen) atoms. The van der Waals surface area contributed by atoms with Crippen LogP contribution < -0.4 is 4.90 Å². The van der Waals surface area contributed by atoms with Crippen LogP contribution >= 0.6 is 15.9 Å². The van der Waals surface area contributed by atoms with E-state index in [1.54, 1.807) is 12.4 Å². The van der Waals surface area contributed by atoms with Gasteiger partial charge in [-0.1, -0.05) is 15.9 Å². The second-order valence-electron chi connectivity index (χ2n) is 3.01. The molecule has 1 rings (SSSR count). The van der Waals surface area contributed by atoms with E-state index in [4.69, 9.17) is 5.26 Å². The summed E-state index contributed by atoms with van der Waals surface area (Å²) in [6, 6.07) is 2.12. The van der Waals surface area contributed by atoms with Gasteiger partial charge in [-0.2, -0.15) is 5.26 Å². The van der Waals surface area contributed by atoms with Crippen molar-refractivity contribution in [3.05, 3.63) is 18.0 Å². The molecular formula is C10H13BrN4. The van der Waals surface area contributed by atoms with Crippen molar-refractivity contribution in [3.63, 3.8) is 0 Å². The summed E-state index contributed by atoms with van der Waals surface area (Å²) in [6.45, 7) is 3.52. The first-order chi connectivity index (χ1) is 7.31. The Labute approximate surface area is 98.1 Å². The lowest BCUT2D eigenvalue weighted by Crippen LogP contribution is -2.25. The Hall–Kier alpha value is -1.15. The van der Waals surface area contributed by atoms with Gasteiger partial charge in [0.05, 0.1) is 12.5 Å². The lowest BCUT2D eigenvalue weighted by Gasteiger charge is -2.18. The minimum absolute atomic E-state index is 0.497. The molecule has 4 nitrogen and oxygen atoms in total. The molecule has 0 saturated carbocycles. The Morgan fingerprint density at radius 1 is 1.47 bits per heavy atom. The van der Waals surface area contributed by atoms with Crippen LogP contribution in [0.25, 0.3) is 0 Å². The summed E-state index contributed by atoms with van der Waals surface area (Å²) in [5, 5.41) is 9.28. The topological polar surface area (TPSA) is 52.8 Å². The highest BCUT2D eigenvalue weighted by atomic mass is 79.9. The molecule has 0 unspecified atom stereocenters. The molecule has 0 saturated heterocycles. The number of hydrogen-bond donors (Lipinski definition) is 0. The quantitative estimate of drug-likeness (QED) is 0.768. The van der Waals surface area contributed by atoms with Gasteiger partial charge >= 0.3 is 0 Å². The molecule has 0 aliphatic heterocycles. The van der Waals surface area contributed by atoms with Gasteiger partial charge < -0.3 is 4.90 Å². The van der Waals surface area contributed by atoms with E-state index in [0.717, 1.165) is 17.4 Å². The first-order valence-corrected chi connectivity index (χ1v) is 5.92. The van der Waals surface area contributed by atoms with Gasteiger partial charge in [-0.05, 0) is 12.5 Å². The SMILES string of the molecule is CCN(CCC#N)c1ncc(CBr)cn1. The molecule has 0 aliphatic carbocycles. The van der Waals surface area contributed by atoms with Crippen molar-refractivity contribution in [3.8, 4) is 6.07 Å².